The maximum Gasteiger partial charge on any atom is 0.338 e. The molecule has 33 heavy (non-hydrogen) atoms. The number of hydrogen-bond donors (Lipinski definition) is 1. The highest BCUT2D eigenvalue weighted by atomic mass is 16.5. The number of carbonyl (C=O) groups excluding carboxylic acids is 1. The van der Waals surface area contributed by atoms with Gasteiger partial charge in [-0.3, -0.25) is 0 Å². The zero-order valence-electron chi connectivity index (χ0n) is 19.5. The van der Waals surface area contributed by atoms with E-state index < -0.39 is 11.9 Å². The van der Waals surface area contributed by atoms with E-state index in [0.717, 1.165) is 22.4 Å². The Balaban J connectivity index is 2.04. The van der Waals surface area contributed by atoms with Crippen molar-refractivity contribution in [3.8, 4) is 17.6 Å². The second kappa shape index (κ2) is 10.1. The second-order valence-corrected chi connectivity index (χ2v) is 7.74. The van der Waals surface area contributed by atoms with Crippen molar-refractivity contribution in [3.63, 3.8) is 0 Å². The van der Waals surface area contributed by atoms with Crippen LogP contribution in [0.4, 0.5) is 0 Å². The minimum atomic E-state index is -0.729. The van der Waals surface area contributed by atoms with Gasteiger partial charge in [0.15, 0.2) is 0 Å². The highest BCUT2D eigenvalue weighted by Crippen LogP contribution is 2.41. The van der Waals surface area contributed by atoms with E-state index in [9.17, 15) is 10.1 Å². The zero-order valence-corrected chi connectivity index (χ0v) is 19.5. The number of esters is 1. The predicted molar refractivity (Wildman–Crippen MR) is 123 cm³/mol. The molecule has 0 aromatic heterocycles. The third kappa shape index (κ3) is 4.96. The third-order valence-corrected chi connectivity index (χ3v) is 5.47. The van der Waals surface area contributed by atoms with E-state index in [1.807, 2.05) is 38.1 Å². The van der Waals surface area contributed by atoms with Crippen LogP contribution in [0.2, 0.25) is 0 Å². The molecule has 1 atom stereocenters. The van der Waals surface area contributed by atoms with E-state index >= 15 is 0 Å². The largest absolute Gasteiger partial charge is 0.496 e. The summed E-state index contributed by atoms with van der Waals surface area (Å²) in [5, 5.41) is 9.80. The number of aryl methyl sites for hydroxylation is 2. The van der Waals surface area contributed by atoms with Gasteiger partial charge in [-0.2, -0.15) is 5.26 Å². The number of benzene rings is 2. The lowest BCUT2D eigenvalue weighted by Gasteiger charge is -2.27. The Bertz CT molecular complexity index is 1170. The van der Waals surface area contributed by atoms with Crippen molar-refractivity contribution in [1.29, 1.82) is 5.26 Å². The van der Waals surface area contributed by atoms with E-state index in [1.54, 1.807) is 33.1 Å². The molecule has 0 saturated heterocycles. The molecule has 2 N–H and O–H groups in total. The van der Waals surface area contributed by atoms with Gasteiger partial charge >= 0.3 is 5.97 Å². The molecular weight excluding hydrogens is 420 g/mol. The summed E-state index contributed by atoms with van der Waals surface area (Å²) in [6.45, 7) is 7.77. The molecule has 2 aromatic carbocycles. The molecular formula is C26H28N2O5. The summed E-state index contributed by atoms with van der Waals surface area (Å²) in [4.78, 5) is 12.8. The molecule has 0 fully saturated rings. The van der Waals surface area contributed by atoms with Gasteiger partial charge in [0.25, 0.3) is 0 Å². The summed E-state index contributed by atoms with van der Waals surface area (Å²) in [5.74, 6) is 0.400. The lowest BCUT2D eigenvalue weighted by Crippen LogP contribution is -2.25. The van der Waals surface area contributed by atoms with E-state index in [-0.39, 0.29) is 30.2 Å². The Morgan fingerprint density at radius 3 is 2.58 bits per heavy atom. The number of nitrogens with zero attached hydrogens (tertiary/aromatic N) is 1. The monoisotopic (exact) mass is 448 g/mol. The number of carbonyl (C=O) groups is 1. The minimum Gasteiger partial charge on any atom is -0.496 e. The first-order chi connectivity index (χ1) is 15.8. The van der Waals surface area contributed by atoms with Crippen molar-refractivity contribution in [2.24, 2.45) is 5.73 Å². The van der Waals surface area contributed by atoms with Crippen LogP contribution in [0.15, 0.2) is 59.2 Å². The fourth-order valence-corrected chi connectivity index (χ4v) is 3.80. The van der Waals surface area contributed by atoms with Crippen LogP contribution in [0.1, 0.15) is 42.0 Å². The molecule has 172 valence electrons. The molecule has 2 aromatic rings. The Morgan fingerprint density at radius 1 is 1.15 bits per heavy atom. The van der Waals surface area contributed by atoms with Crippen LogP contribution < -0.4 is 15.2 Å². The number of ether oxygens (including phenoxy) is 4. The van der Waals surface area contributed by atoms with Gasteiger partial charge in [0.2, 0.25) is 5.88 Å². The molecule has 0 spiro atoms. The van der Waals surface area contributed by atoms with Gasteiger partial charge in [0, 0.05) is 5.56 Å². The number of nitriles is 1. The number of hydrogen-bond acceptors (Lipinski definition) is 7. The van der Waals surface area contributed by atoms with Crippen LogP contribution in [-0.2, 0) is 20.9 Å². The quantitative estimate of drug-likeness (QED) is 0.620. The molecule has 0 aliphatic carbocycles. The van der Waals surface area contributed by atoms with Gasteiger partial charge in [-0.05, 0) is 62.6 Å². The SMILES string of the molecule is CCOC(=O)C1=C(C)OC(N)=C(C#N)C1c1ccc(OC)c(COc2cc(C)ccc2C)c1. The summed E-state index contributed by atoms with van der Waals surface area (Å²) in [6.07, 6.45) is 0. The topological polar surface area (TPSA) is 104 Å². The van der Waals surface area contributed by atoms with E-state index in [4.69, 9.17) is 24.7 Å². The molecule has 1 aliphatic rings. The highest BCUT2D eigenvalue weighted by Gasteiger charge is 2.36. The van der Waals surface area contributed by atoms with Crippen molar-refractivity contribution in [3.05, 3.63) is 81.4 Å². The number of allylic oxidation sites excluding steroid dienone is 2. The summed E-state index contributed by atoms with van der Waals surface area (Å²) < 4.78 is 22.3. The maximum absolute atomic E-state index is 12.8. The van der Waals surface area contributed by atoms with Crippen LogP contribution in [0.25, 0.3) is 0 Å². The number of nitrogens with two attached hydrogens (primary N) is 1. The van der Waals surface area contributed by atoms with Gasteiger partial charge in [-0.1, -0.05) is 18.2 Å². The first-order valence-electron chi connectivity index (χ1n) is 10.6. The average Bonchev–Trinajstić information content (AvgIpc) is 2.79. The number of rotatable bonds is 7. The van der Waals surface area contributed by atoms with Gasteiger partial charge in [-0.15, -0.1) is 0 Å². The molecule has 0 radical (unpaired) electrons. The van der Waals surface area contributed by atoms with Crippen LogP contribution >= 0.6 is 0 Å². The third-order valence-electron chi connectivity index (χ3n) is 5.47. The lowest BCUT2D eigenvalue weighted by atomic mass is 9.82. The van der Waals surface area contributed by atoms with Gasteiger partial charge < -0.3 is 24.7 Å². The number of methoxy groups -OCH3 is 1. The first-order valence-corrected chi connectivity index (χ1v) is 10.6. The van der Waals surface area contributed by atoms with Crippen molar-refractivity contribution in [2.75, 3.05) is 13.7 Å². The second-order valence-electron chi connectivity index (χ2n) is 7.74. The molecule has 1 aliphatic heterocycles. The molecule has 0 saturated carbocycles. The van der Waals surface area contributed by atoms with Crippen LogP contribution in [0.5, 0.6) is 11.5 Å². The van der Waals surface area contributed by atoms with E-state index in [2.05, 4.69) is 6.07 Å². The van der Waals surface area contributed by atoms with Gasteiger partial charge in [-0.25, -0.2) is 4.79 Å². The summed E-state index contributed by atoms with van der Waals surface area (Å²) >= 11 is 0. The lowest BCUT2D eigenvalue weighted by molar-refractivity contribution is -0.139. The van der Waals surface area contributed by atoms with Gasteiger partial charge in [0.1, 0.15) is 35.5 Å². The molecule has 0 bridgehead atoms. The molecule has 7 heteroatoms. The standard InChI is InChI=1S/C26H28N2O5/c1-6-31-26(29)23-17(4)33-25(28)20(13-27)24(23)18-9-10-21(30-5)19(12-18)14-32-22-11-15(2)7-8-16(22)3/h7-12,24H,6,14,28H2,1-5H3. The summed E-state index contributed by atoms with van der Waals surface area (Å²) in [7, 11) is 1.58. The molecule has 0 amide bonds. The Labute approximate surface area is 194 Å². The van der Waals surface area contributed by atoms with E-state index in [0.29, 0.717) is 17.1 Å². The first kappa shape index (κ1) is 23.7. The molecule has 1 unspecified atom stereocenters. The predicted octanol–water partition coefficient (Wildman–Crippen LogP) is 4.54. The molecule has 3 rings (SSSR count). The Kier molecular flexibility index (Phi) is 7.29. The normalized spacial score (nSPS) is 15.6. The van der Waals surface area contributed by atoms with E-state index in [1.165, 1.54) is 0 Å². The maximum atomic E-state index is 12.8. The van der Waals surface area contributed by atoms with Crippen molar-refractivity contribution in [1.82, 2.24) is 0 Å². The summed E-state index contributed by atoms with van der Waals surface area (Å²) in [5.41, 5.74) is 9.95. The summed E-state index contributed by atoms with van der Waals surface area (Å²) in [6, 6.07) is 13.6. The average molecular weight is 449 g/mol. The molecule has 1 heterocycles. The van der Waals surface area contributed by atoms with Crippen LogP contribution in [0, 0.1) is 25.2 Å². The smallest absolute Gasteiger partial charge is 0.338 e. The fourth-order valence-electron chi connectivity index (χ4n) is 3.80. The minimum absolute atomic E-state index is 0.0305. The van der Waals surface area contributed by atoms with Crippen LogP contribution in [-0.4, -0.2) is 19.7 Å². The van der Waals surface area contributed by atoms with Crippen molar-refractivity contribution in [2.45, 2.75) is 40.2 Å². The van der Waals surface area contributed by atoms with Gasteiger partial charge in [0.05, 0.1) is 25.2 Å². The van der Waals surface area contributed by atoms with Crippen molar-refractivity contribution < 1.29 is 23.7 Å². The Hall–Kier alpha value is -3.92. The van der Waals surface area contributed by atoms with Crippen molar-refractivity contribution >= 4 is 5.97 Å². The Morgan fingerprint density at radius 2 is 1.91 bits per heavy atom. The fraction of sp³-hybridized carbons (Fsp3) is 0.308. The highest BCUT2D eigenvalue weighted by molar-refractivity contribution is 5.92. The zero-order chi connectivity index (χ0) is 24.1. The van der Waals surface area contributed by atoms with Crippen LogP contribution in [0.3, 0.4) is 0 Å². The molecule has 7 nitrogen and oxygen atoms in total.